The first-order valence-corrected chi connectivity index (χ1v) is 9.30. The molecule has 1 N–H and O–H groups in total. The Morgan fingerprint density at radius 3 is 2.74 bits per heavy atom. The number of ether oxygens (including phenoxy) is 1. The highest BCUT2D eigenvalue weighted by Gasteiger charge is 2.30. The molecular formula is C19H14FN3O3S. The summed E-state index contributed by atoms with van der Waals surface area (Å²) in [6.45, 7) is 0. The predicted molar refractivity (Wildman–Crippen MR) is 102 cm³/mol. The number of nitrogens with one attached hydrogen (secondary N) is 1. The van der Waals surface area contributed by atoms with Crippen molar-refractivity contribution in [1.82, 2.24) is 13.9 Å². The molecular weight excluding hydrogens is 369 g/mol. The smallest absolute Gasteiger partial charge is 0.271 e. The zero-order valence-electron chi connectivity index (χ0n) is 14.3. The summed E-state index contributed by atoms with van der Waals surface area (Å²) in [5, 5.41) is 0.631. The zero-order chi connectivity index (χ0) is 18.7. The summed E-state index contributed by atoms with van der Waals surface area (Å²) < 4.78 is 23.6. The molecule has 3 heterocycles. The van der Waals surface area contributed by atoms with Crippen molar-refractivity contribution in [3.63, 3.8) is 0 Å². The molecule has 0 unspecified atom stereocenters. The molecule has 0 amide bonds. The van der Waals surface area contributed by atoms with E-state index >= 15 is 0 Å². The van der Waals surface area contributed by atoms with Gasteiger partial charge in [-0.3, -0.25) is 14.0 Å². The van der Waals surface area contributed by atoms with Crippen molar-refractivity contribution in [1.29, 1.82) is 0 Å². The largest absolute Gasteiger partial charge is 0.494 e. The van der Waals surface area contributed by atoms with Crippen molar-refractivity contribution >= 4 is 32.7 Å². The lowest BCUT2D eigenvalue weighted by molar-refractivity contribution is 0.419. The number of methoxy groups -OCH3 is 1. The number of H-pyrrole nitrogens is 1. The molecule has 27 heavy (non-hydrogen) atoms. The Morgan fingerprint density at radius 2 is 2.07 bits per heavy atom. The molecule has 0 spiro atoms. The molecule has 1 saturated carbocycles. The third-order valence-electron chi connectivity index (χ3n) is 4.90. The van der Waals surface area contributed by atoms with E-state index in [1.54, 1.807) is 25.3 Å². The Labute approximate surface area is 156 Å². The third kappa shape index (κ3) is 2.33. The minimum atomic E-state index is -0.563. The fraction of sp³-hybridized carbons (Fsp3) is 0.211. The van der Waals surface area contributed by atoms with Crippen molar-refractivity contribution in [3.05, 3.63) is 57.0 Å². The van der Waals surface area contributed by atoms with Crippen LogP contribution >= 0.6 is 11.5 Å². The topological polar surface area (TPSA) is 77.0 Å². The summed E-state index contributed by atoms with van der Waals surface area (Å²) in [6, 6.07) is 6.58. The molecule has 1 aromatic carbocycles. The van der Waals surface area contributed by atoms with E-state index in [0.29, 0.717) is 32.6 Å². The molecule has 4 aromatic rings. The maximum absolute atomic E-state index is 13.2. The second-order valence-electron chi connectivity index (χ2n) is 6.56. The lowest BCUT2D eigenvalue weighted by Crippen LogP contribution is -2.15. The summed E-state index contributed by atoms with van der Waals surface area (Å²) in [5.74, 6) is -0.0418. The molecule has 0 radical (unpaired) electrons. The lowest BCUT2D eigenvalue weighted by Gasteiger charge is -2.17. The fourth-order valence-electron chi connectivity index (χ4n) is 3.54. The van der Waals surface area contributed by atoms with Crippen LogP contribution in [0, 0.1) is 5.95 Å². The van der Waals surface area contributed by atoms with E-state index in [2.05, 4.69) is 9.36 Å². The number of benzene rings is 1. The van der Waals surface area contributed by atoms with E-state index in [1.807, 2.05) is 4.57 Å². The van der Waals surface area contributed by atoms with Crippen molar-refractivity contribution in [2.75, 3.05) is 7.11 Å². The van der Waals surface area contributed by atoms with Crippen LogP contribution < -0.4 is 15.7 Å². The first kappa shape index (κ1) is 16.2. The van der Waals surface area contributed by atoms with Crippen LogP contribution in [0.4, 0.5) is 4.39 Å². The first-order valence-electron chi connectivity index (χ1n) is 8.48. The average Bonchev–Trinajstić information content (AvgIpc) is 3.44. The highest BCUT2D eigenvalue weighted by Crippen LogP contribution is 2.44. The standard InChI is InChI=1S/C19H14FN3O3S/c1-26-17-11(9-2-7-13(20)21-8-9)5-6-12-15(17)23(10-3-4-10)19-14(16(12)24)18(25)22-27-19/h2,5-8,10H,3-4H2,1H3,(H,22,25). The average molecular weight is 383 g/mol. The van der Waals surface area contributed by atoms with Crippen LogP contribution in [0.25, 0.3) is 32.2 Å². The molecule has 1 fully saturated rings. The second-order valence-corrected chi connectivity index (χ2v) is 7.35. The van der Waals surface area contributed by atoms with Crippen molar-refractivity contribution in [2.24, 2.45) is 0 Å². The van der Waals surface area contributed by atoms with Crippen molar-refractivity contribution in [3.8, 4) is 16.9 Å². The van der Waals surface area contributed by atoms with Gasteiger partial charge >= 0.3 is 0 Å². The van der Waals surface area contributed by atoms with Crippen LogP contribution in [0.15, 0.2) is 40.1 Å². The molecule has 8 heteroatoms. The number of hydrogen-bond acceptors (Lipinski definition) is 5. The number of aromatic amines is 1. The molecule has 0 saturated heterocycles. The number of pyridine rings is 2. The first-order chi connectivity index (χ1) is 13.1. The third-order valence-corrected chi connectivity index (χ3v) is 5.78. The minimum Gasteiger partial charge on any atom is -0.494 e. The van der Waals surface area contributed by atoms with Crippen LogP contribution in [0.3, 0.4) is 0 Å². The number of hydrogen-bond donors (Lipinski definition) is 1. The van der Waals surface area contributed by atoms with E-state index in [-0.39, 0.29) is 22.4 Å². The van der Waals surface area contributed by atoms with Crippen LogP contribution in [-0.2, 0) is 0 Å². The maximum atomic E-state index is 13.2. The normalized spacial score (nSPS) is 14.1. The zero-order valence-corrected chi connectivity index (χ0v) is 15.1. The molecule has 6 nitrogen and oxygen atoms in total. The van der Waals surface area contributed by atoms with Crippen LogP contribution in [0.5, 0.6) is 5.75 Å². The molecule has 0 aliphatic heterocycles. The van der Waals surface area contributed by atoms with E-state index in [9.17, 15) is 14.0 Å². The van der Waals surface area contributed by atoms with E-state index < -0.39 is 5.95 Å². The SMILES string of the molecule is COc1c(-c2ccc(F)nc2)ccc2c(=O)c3c(=O)[nH]sc3n(C3CC3)c12. The van der Waals surface area contributed by atoms with E-state index in [0.717, 1.165) is 12.8 Å². The monoisotopic (exact) mass is 383 g/mol. The van der Waals surface area contributed by atoms with Gasteiger partial charge < -0.3 is 9.30 Å². The Kier molecular flexibility index (Phi) is 3.45. The molecule has 1 aliphatic rings. The molecule has 136 valence electrons. The highest BCUT2D eigenvalue weighted by atomic mass is 32.1. The molecule has 1 aliphatic carbocycles. The van der Waals surface area contributed by atoms with Crippen molar-refractivity contribution in [2.45, 2.75) is 18.9 Å². The van der Waals surface area contributed by atoms with Gasteiger partial charge in [0.1, 0.15) is 10.2 Å². The summed E-state index contributed by atoms with van der Waals surface area (Å²) in [4.78, 5) is 29.5. The van der Waals surface area contributed by atoms with Gasteiger partial charge in [0.15, 0.2) is 5.75 Å². The Balaban J connectivity index is 1.96. The molecule has 3 aromatic heterocycles. The number of nitrogens with zero attached hydrogens (tertiary/aromatic N) is 2. The number of fused-ring (bicyclic) bond motifs is 2. The summed E-state index contributed by atoms with van der Waals surface area (Å²) >= 11 is 1.17. The van der Waals surface area contributed by atoms with Gasteiger partial charge in [-0.2, -0.15) is 4.39 Å². The molecule has 0 atom stereocenters. The Bertz CT molecular complexity index is 1320. The highest BCUT2D eigenvalue weighted by molar-refractivity contribution is 7.12. The van der Waals surface area contributed by atoms with Gasteiger partial charge in [-0.05, 0) is 48.6 Å². The summed E-state index contributed by atoms with van der Waals surface area (Å²) in [5.41, 5.74) is 1.40. The number of aromatic nitrogens is 3. The Morgan fingerprint density at radius 1 is 1.26 bits per heavy atom. The molecule has 5 rings (SSSR count). The van der Waals surface area contributed by atoms with Crippen LogP contribution in [0.1, 0.15) is 18.9 Å². The van der Waals surface area contributed by atoms with Gasteiger partial charge in [-0.25, -0.2) is 4.98 Å². The summed E-state index contributed by atoms with van der Waals surface area (Å²) in [6.07, 6.45) is 3.39. The van der Waals surface area contributed by atoms with Gasteiger partial charge in [0, 0.05) is 23.4 Å². The minimum absolute atomic E-state index is 0.192. The van der Waals surface area contributed by atoms with Gasteiger partial charge in [0.25, 0.3) is 5.56 Å². The van der Waals surface area contributed by atoms with Gasteiger partial charge in [0.05, 0.1) is 18.0 Å². The fourth-order valence-corrected chi connectivity index (χ4v) is 4.46. The maximum Gasteiger partial charge on any atom is 0.271 e. The van der Waals surface area contributed by atoms with Gasteiger partial charge in [0.2, 0.25) is 11.4 Å². The number of halogens is 1. The quantitative estimate of drug-likeness (QED) is 0.550. The van der Waals surface area contributed by atoms with Crippen molar-refractivity contribution < 1.29 is 9.13 Å². The van der Waals surface area contributed by atoms with E-state index in [4.69, 9.17) is 4.74 Å². The number of rotatable bonds is 3. The molecule has 0 bridgehead atoms. The van der Waals surface area contributed by atoms with E-state index in [1.165, 1.54) is 23.8 Å². The second kappa shape index (κ2) is 5.75. The summed E-state index contributed by atoms with van der Waals surface area (Å²) in [7, 11) is 1.54. The lowest BCUT2D eigenvalue weighted by atomic mass is 10.0. The van der Waals surface area contributed by atoms with Gasteiger partial charge in [-0.1, -0.05) is 0 Å². The van der Waals surface area contributed by atoms with Gasteiger partial charge in [-0.15, -0.1) is 0 Å². The van der Waals surface area contributed by atoms with Crippen LogP contribution in [-0.4, -0.2) is 21.0 Å². The van der Waals surface area contributed by atoms with Crippen LogP contribution in [0.2, 0.25) is 0 Å². The predicted octanol–water partition coefficient (Wildman–Crippen LogP) is 3.45. The Hall–Kier alpha value is -3.00.